The first-order valence-electron chi connectivity index (χ1n) is 6.44. The van der Waals surface area contributed by atoms with Gasteiger partial charge in [-0.05, 0) is 53.1 Å². The Balaban J connectivity index is 1.80. The van der Waals surface area contributed by atoms with E-state index in [1.54, 1.807) is 0 Å². The zero-order chi connectivity index (χ0) is 11.6. The van der Waals surface area contributed by atoms with Gasteiger partial charge >= 0.3 is 0 Å². The predicted molar refractivity (Wildman–Crippen MR) is 67.9 cm³/mol. The molecule has 1 fully saturated rings. The minimum Gasteiger partial charge on any atom is -0.379 e. The van der Waals surface area contributed by atoms with Crippen LogP contribution in [-0.2, 0) is 4.74 Å². The molecule has 0 saturated carbocycles. The number of nitrogens with one attached hydrogen (secondary N) is 1. The van der Waals surface area contributed by atoms with Gasteiger partial charge in [-0.2, -0.15) is 0 Å². The molecule has 0 aromatic heterocycles. The molecule has 4 heteroatoms. The number of hydrogen-bond donors (Lipinski definition) is 1. The molecule has 0 radical (unpaired) electrons. The van der Waals surface area contributed by atoms with E-state index in [-0.39, 0.29) is 0 Å². The van der Waals surface area contributed by atoms with Crippen molar-refractivity contribution in [2.24, 2.45) is 0 Å². The van der Waals surface area contributed by atoms with Crippen molar-refractivity contribution in [3.05, 3.63) is 0 Å². The monoisotopic (exact) mass is 229 g/mol. The average Bonchev–Trinajstić information content (AvgIpc) is 2.29. The molecule has 0 amide bonds. The maximum Gasteiger partial charge on any atom is 0.0594 e. The Morgan fingerprint density at radius 1 is 1.12 bits per heavy atom. The molecule has 4 nitrogen and oxygen atoms in total. The molecule has 1 N–H and O–H groups in total. The lowest BCUT2D eigenvalue weighted by molar-refractivity contribution is 0.0374. The molecule has 0 aliphatic carbocycles. The molecule has 1 aliphatic heterocycles. The minimum atomic E-state index is 0.913. The van der Waals surface area contributed by atoms with Crippen LogP contribution in [0.2, 0.25) is 0 Å². The van der Waals surface area contributed by atoms with Crippen molar-refractivity contribution in [1.29, 1.82) is 0 Å². The lowest BCUT2D eigenvalue weighted by Gasteiger charge is -2.26. The zero-order valence-corrected chi connectivity index (χ0v) is 10.9. The molecule has 1 aliphatic rings. The van der Waals surface area contributed by atoms with Crippen molar-refractivity contribution in [3.63, 3.8) is 0 Å². The van der Waals surface area contributed by atoms with Gasteiger partial charge in [-0.3, -0.25) is 4.90 Å². The maximum absolute atomic E-state index is 5.32. The van der Waals surface area contributed by atoms with Crippen LogP contribution in [0.4, 0.5) is 0 Å². The van der Waals surface area contributed by atoms with Gasteiger partial charge < -0.3 is 15.0 Å². The summed E-state index contributed by atoms with van der Waals surface area (Å²) in [5.74, 6) is 0. The minimum absolute atomic E-state index is 0.913. The molecule has 0 unspecified atom stereocenters. The molecule has 0 aromatic rings. The molecular weight excluding hydrogens is 202 g/mol. The number of nitrogens with zero attached hydrogens (tertiary/aromatic N) is 2. The Hall–Kier alpha value is -0.160. The summed E-state index contributed by atoms with van der Waals surface area (Å²) >= 11 is 0. The molecule has 0 spiro atoms. The molecule has 0 bridgehead atoms. The smallest absolute Gasteiger partial charge is 0.0594 e. The van der Waals surface area contributed by atoms with Crippen LogP contribution in [0.25, 0.3) is 0 Å². The lowest BCUT2D eigenvalue weighted by Crippen LogP contribution is -2.37. The van der Waals surface area contributed by atoms with E-state index < -0.39 is 0 Å². The van der Waals surface area contributed by atoms with Gasteiger partial charge in [0.15, 0.2) is 0 Å². The topological polar surface area (TPSA) is 27.7 Å². The predicted octanol–water partition coefficient (Wildman–Crippen LogP) is 0.250. The largest absolute Gasteiger partial charge is 0.379 e. The lowest BCUT2D eigenvalue weighted by atomic mass is 10.3. The van der Waals surface area contributed by atoms with Gasteiger partial charge in [0.2, 0.25) is 0 Å². The second kappa shape index (κ2) is 8.93. The van der Waals surface area contributed by atoms with Gasteiger partial charge in [0, 0.05) is 13.1 Å². The van der Waals surface area contributed by atoms with Crippen molar-refractivity contribution in [2.75, 3.05) is 66.6 Å². The van der Waals surface area contributed by atoms with E-state index in [0.717, 1.165) is 39.4 Å². The van der Waals surface area contributed by atoms with Crippen molar-refractivity contribution in [3.8, 4) is 0 Å². The first-order valence-corrected chi connectivity index (χ1v) is 6.44. The van der Waals surface area contributed by atoms with E-state index in [2.05, 4.69) is 29.2 Å². The highest BCUT2D eigenvalue weighted by Gasteiger charge is 2.08. The van der Waals surface area contributed by atoms with Crippen LogP contribution in [0.5, 0.6) is 0 Å². The fourth-order valence-electron chi connectivity index (χ4n) is 1.90. The number of ether oxygens (including phenoxy) is 1. The second-order valence-electron chi connectivity index (χ2n) is 4.71. The normalized spacial score (nSPS) is 18.2. The molecular formula is C12H27N3O. The van der Waals surface area contributed by atoms with E-state index in [1.165, 1.54) is 25.9 Å². The SMILES string of the molecule is CN(C)CCCNCCCN1CCOCC1. The first-order chi connectivity index (χ1) is 7.79. The third-order valence-electron chi connectivity index (χ3n) is 2.89. The van der Waals surface area contributed by atoms with Crippen molar-refractivity contribution in [2.45, 2.75) is 12.8 Å². The molecule has 1 heterocycles. The van der Waals surface area contributed by atoms with Crippen molar-refractivity contribution >= 4 is 0 Å². The maximum atomic E-state index is 5.32. The summed E-state index contributed by atoms with van der Waals surface area (Å²) in [6.07, 6.45) is 2.49. The molecule has 16 heavy (non-hydrogen) atoms. The van der Waals surface area contributed by atoms with Crippen LogP contribution in [0.1, 0.15) is 12.8 Å². The third kappa shape index (κ3) is 7.17. The van der Waals surface area contributed by atoms with Gasteiger partial charge in [0.05, 0.1) is 13.2 Å². The summed E-state index contributed by atoms with van der Waals surface area (Å²) in [5.41, 5.74) is 0. The summed E-state index contributed by atoms with van der Waals surface area (Å²) in [6, 6.07) is 0. The van der Waals surface area contributed by atoms with Gasteiger partial charge in [-0.25, -0.2) is 0 Å². The zero-order valence-electron chi connectivity index (χ0n) is 10.9. The van der Waals surface area contributed by atoms with Crippen LogP contribution in [0.15, 0.2) is 0 Å². The van der Waals surface area contributed by atoms with E-state index in [4.69, 9.17) is 4.74 Å². The summed E-state index contributed by atoms with van der Waals surface area (Å²) in [6.45, 7) is 8.72. The van der Waals surface area contributed by atoms with E-state index in [1.807, 2.05) is 0 Å². The van der Waals surface area contributed by atoms with Crippen LogP contribution in [0.3, 0.4) is 0 Å². The number of morpholine rings is 1. The Morgan fingerprint density at radius 2 is 1.81 bits per heavy atom. The van der Waals surface area contributed by atoms with Crippen molar-refractivity contribution < 1.29 is 4.74 Å². The van der Waals surface area contributed by atoms with Crippen LogP contribution in [0, 0.1) is 0 Å². The fourth-order valence-corrected chi connectivity index (χ4v) is 1.90. The second-order valence-corrected chi connectivity index (χ2v) is 4.71. The fraction of sp³-hybridized carbons (Fsp3) is 1.00. The highest BCUT2D eigenvalue weighted by molar-refractivity contribution is 4.62. The highest BCUT2D eigenvalue weighted by Crippen LogP contribution is 1.97. The molecule has 0 aromatic carbocycles. The molecule has 0 atom stereocenters. The Morgan fingerprint density at radius 3 is 2.50 bits per heavy atom. The molecule has 96 valence electrons. The Bertz CT molecular complexity index is 158. The van der Waals surface area contributed by atoms with Gasteiger partial charge in [-0.15, -0.1) is 0 Å². The highest BCUT2D eigenvalue weighted by atomic mass is 16.5. The average molecular weight is 229 g/mol. The van der Waals surface area contributed by atoms with Gasteiger partial charge in [0.1, 0.15) is 0 Å². The quantitative estimate of drug-likeness (QED) is 0.604. The summed E-state index contributed by atoms with van der Waals surface area (Å²) in [4.78, 5) is 4.72. The molecule has 1 saturated heterocycles. The van der Waals surface area contributed by atoms with E-state index >= 15 is 0 Å². The van der Waals surface area contributed by atoms with Crippen LogP contribution in [-0.4, -0.2) is 76.4 Å². The summed E-state index contributed by atoms with van der Waals surface area (Å²) in [5, 5.41) is 3.50. The Kier molecular flexibility index (Phi) is 7.76. The van der Waals surface area contributed by atoms with Crippen LogP contribution >= 0.6 is 0 Å². The Labute approximate surface area is 99.9 Å². The third-order valence-corrected chi connectivity index (χ3v) is 2.89. The van der Waals surface area contributed by atoms with Gasteiger partial charge in [0.25, 0.3) is 0 Å². The standard InChI is InChI=1S/C12H27N3O/c1-14(2)7-3-5-13-6-4-8-15-9-11-16-12-10-15/h13H,3-12H2,1-2H3. The molecule has 1 rings (SSSR count). The summed E-state index contributed by atoms with van der Waals surface area (Å²) in [7, 11) is 4.25. The van der Waals surface area contributed by atoms with Crippen LogP contribution < -0.4 is 5.32 Å². The van der Waals surface area contributed by atoms with Crippen molar-refractivity contribution in [1.82, 2.24) is 15.1 Å². The van der Waals surface area contributed by atoms with E-state index in [9.17, 15) is 0 Å². The number of rotatable bonds is 8. The van der Waals surface area contributed by atoms with Gasteiger partial charge in [-0.1, -0.05) is 0 Å². The number of hydrogen-bond acceptors (Lipinski definition) is 4. The summed E-state index contributed by atoms with van der Waals surface area (Å²) < 4.78 is 5.32. The first kappa shape index (κ1) is 13.9. The van der Waals surface area contributed by atoms with E-state index in [0.29, 0.717) is 0 Å².